The highest BCUT2D eigenvalue weighted by Gasteiger charge is 2.05. The summed E-state index contributed by atoms with van der Waals surface area (Å²) in [6, 6.07) is 2.44. The number of terminal acetylenes is 1. The van der Waals surface area contributed by atoms with Crippen molar-refractivity contribution in [3.05, 3.63) is 0 Å². The smallest absolute Gasteiger partial charge is 0.0232 e. The van der Waals surface area contributed by atoms with Crippen LogP contribution in [-0.4, -0.2) is 32.1 Å². The summed E-state index contributed by atoms with van der Waals surface area (Å²) in [6.45, 7) is 4.32. The molecular formula is C10H20N2. The van der Waals surface area contributed by atoms with Crippen LogP contribution in [-0.2, 0) is 0 Å². The van der Waals surface area contributed by atoms with Crippen molar-refractivity contribution in [2.45, 2.75) is 19.8 Å². The van der Waals surface area contributed by atoms with Gasteiger partial charge in [-0.2, -0.15) is 0 Å². The van der Waals surface area contributed by atoms with E-state index in [0.717, 1.165) is 19.0 Å². The summed E-state index contributed by atoms with van der Waals surface area (Å²) in [5, 5.41) is 2.90. The van der Waals surface area contributed by atoms with E-state index in [0.29, 0.717) is 0 Å². The van der Waals surface area contributed by atoms with Gasteiger partial charge >= 0.3 is 0 Å². The average molecular weight is 168 g/mol. The molecule has 0 aliphatic heterocycles. The molecule has 0 aromatic heterocycles. The van der Waals surface area contributed by atoms with Crippen molar-refractivity contribution in [1.82, 2.24) is 10.2 Å². The summed E-state index contributed by atoms with van der Waals surface area (Å²) in [4.78, 5) is 2.23. The van der Waals surface area contributed by atoms with Crippen molar-refractivity contribution in [2.24, 2.45) is 5.92 Å². The van der Waals surface area contributed by atoms with Crippen LogP contribution >= 0.6 is 0 Å². The molecule has 0 aromatic carbocycles. The number of nitrogens with one attached hydrogen (secondary N) is 1. The molecule has 0 saturated carbocycles. The Labute approximate surface area is 76.3 Å². The molecule has 1 atom stereocenters. The highest BCUT2D eigenvalue weighted by atomic mass is 15.1. The Balaban J connectivity index is 3.47. The monoisotopic (exact) mass is 168 g/mol. The van der Waals surface area contributed by atoms with Crippen LogP contribution in [0.5, 0.6) is 0 Å². The number of nitrogens with zero attached hydrogens (tertiary/aromatic N) is 1. The Morgan fingerprint density at radius 2 is 2.17 bits per heavy atom. The number of rotatable bonds is 6. The minimum absolute atomic E-state index is 0.765. The molecule has 0 bridgehead atoms. The first-order valence-electron chi connectivity index (χ1n) is 4.53. The van der Waals surface area contributed by atoms with Crippen LogP contribution in [0.25, 0.3) is 0 Å². The fraction of sp³-hybridized carbons (Fsp3) is 0.800. The van der Waals surface area contributed by atoms with Crippen LogP contribution in [0.15, 0.2) is 0 Å². The lowest BCUT2D eigenvalue weighted by Gasteiger charge is -2.18. The lowest BCUT2D eigenvalue weighted by molar-refractivity contribution is 0.306. The van der Waals surface area contributed by atoms with E-state index in [4.69, 9.17) is 6.42 Å². The highest BCUT2D eigenvalue weighted by molar-refractivity contribution is 4.80. The molecule has 0 aliphatic rings. The molecule has 0 amide bonds. The van der Waals surface area contributed by atoms with Crippen LogP contribution in [0.4, 0.5) is 0 Å². The molecule has 70 valence electrons. The van der Waals surface area contributed by atoms with Gasteiger partial charge < -0.3 is 10.2 Å². The summed E-state index contributed by atoms with van der Waals surface area (Å²) >= 11 is 0. The van der Waals surface area contributed by atoms with Crippen LogP contribution < -0.4 is 5.32 Å². The van der Waals surface area contributed by atoms with Gasteiger partial charge in [0.2, 0.25) is 0 Å². The molecular weight excluding hydrogens is 148 g/mol. The third kappa shape index (κ3) is 6.06. The van der Waals surface area contributed by atoms with Crippen LogP contribution in [0.1, 0.15) is 19.8 Å². The number of hydrogen-bond acceptors (Lipinski definition) is 2. The maximum absolute atomic E-state index is 5.09. The maximum Gasteiger partial charge on any atom is 0.0232 e. The maximum atomic E-state index is 5.09. The lowest BCUT2D eigenvalue weighted by Crippen LogP contribution is -2.24. The highest BCUT2D eigenvalue weighted by Crippen LogP contribution is 2.07. The topological polar surface area (TPSA) is 15.3 Å². The Morgan fingerprint density at radius 1 is 1.50 bits per heavy atom. The molecule has 0 spiro atoms. The van der Waals surface area contributed by atoms with Crippen LogP contribution in [0.3, 0.4) is 0 Å². The summed E-state index contributed by atoms with van der Waals surface area (Å²) in [7, 11) is 4.22. The first-order chi connectivity index (χ1) is 5.70. The van der Waals surface area contributed by atoms with Crippen LogP contribution in [0, 0.1) is 18.4 Å². The zero-order valence-corrected chi connectivity index (χ0v) is 8.43. The molecule has 1 unspecified atom stereocenters. The lowest BCUT2D eigenvalue weighted by atomic mass is 10.0. The third-order valence-electron chi connectivity index (χ3n) is 1.98. The quantitative estimate of drug-likeness (QED) is 0.363. The van der Waals surface area contributed by atoms with Crippen molar-refractivity contribution < 1.29 is 0 Å². The molecule has 0 aromatic rings. The van der Waals surface area contributed by atoms with Gasteiger partial charge in [0.25, 0.3) is 0 Å². The van der Waals surface area contributed by atoms with Gasteiger partial charge in [0.05, 0.1) is 0 Å². The van der Waals surface area contributed by atoms with Gasteiger partial charge in [-0.05, 0) is 26.4 Å². The SMILES string of the molecule is C#CNCCC(CC)CN(C)C. The number of hydrogen-bond donors (Lipinski definition) is 1. The molecule has 2 nitrogen and oxygen atoms in total. The summed E-state index contributed by atoms with van der Waals surface area (Å²) < 4.78 is 0. The molecule has 0 aliphatic carbocycles. The standard InChI is InChI=1S/C10H20N2/c1-5-10(9-12(3)4)7-8-11-6-2/h2,10-11H,5,7-9H2,1,3-4H3. The van der Waals surface area contributed by atoms with Gasteiger partial charge in [0.1, 0.15) is 0 Å². The van der Waals surface area contributed by atoms with E-state index in [1.165, 1.54) is 12.8 Å². The van der Waals surface area contributed by atoms with E-state index in [1.54, 1.807) is 0 Å². The second kappa shape index (κ2) is 7.00. The summed E-state index contributed by atoms with van der Waals surface area (Å²) in [6.07, 6.45) is 7.48. The largest absolute Gasteiger partial charge is 0.346 e. The zero-order chi connectivity index (χ0) is 9.40. The van der Waals surface area contributed by atoms with E-state index in [9.17, 15) is 0 Å². The van der Waals surface area contributed by atoms with Crippen LogP contribution in [0.2, 0.25) is 0 Å². The summed E-state index contributed by atoms with van der Waals surface area (Å²) in [5.74, 6) is 0.765. The van der Waals surface area contributed by atoms with E-state index in [2.05, 4.69) is 37.3 Å². The summed E-state index contributed by atoms with van der Waals surface area (Å²) in [5.41, 5.74) is 0. The van der Waals surface area contributed by atoms with Gasteiger partial charge in [-0.25, -0.2) is 0 Å². The Morgan fingerprint density at radius 3 is 2.58 bits per heavy atom. The molecule has 0 heterocycles. The minimum Gasteiger partial charge on any atom is -0.346 e. The second-order valence-corrected chi connectivity index (χ2v) is 3.40. The molecule has 12 heavy (non-hydrogen) atoms. The molecule has 0 rings (SSSR count). The first kappa shape index (κ1) is 11.3. The van der Waals surface area contributed by atoms with Crippen molar-refractivity contribution in [1.29, 1.82) is 0 Å². The predicted molar refractivity (Wildman–Crippen MR) is 53.8 cm³/mol. The van der Waals surface area contributed by atoms with E-state index in [-0.39, 0.29) is 0 Å². The molecule has 0 radical (unpaired) electrons. The van der Waals surface area contributed by atoms with Gasteiger partial charge in [0, 0.05) is 19.1 Å². The molecule has 0 saturated heterocycles. The Bertz CT molecular complexity index is 135. The van der Waals surface area contributed by atoms with Crippen molar-refractivity contribution in [3.8, 4) is 12.5 Å². The Hall–Kier alpha value is -0.680. The third-order valence-corrected chi connectivity index (χ3v) is 1.98. The van der Waals surface area contributed by atoms with Gasteiger partial charge in [-0.3, -0.25) is 0 Å². The Kier molecular flexibility index (Phi) is 6.60. The van der Waals surface area contributed by atoms with Crippen molar-refractivity contribution >= 4 is 0 Å². The van der Waals surface area contributed by atoms with Gasteiger partial charge in [0.15, 0.2) is 0 Å². The van der Waals surface area contributed by atoms with Crippen molar-refractivity contribution in [2.75, 3.05) is 27.2 Å². The molecule has 2 heteroatoms. The van der Waals surface area contributed by atoms with Gasteiger partial charge in [-0.15, -0.1) is 0 Å². The van der Waals surface area contributed by atoms with E-state index >= 15 is 0 Å². The van der Waals surface area contributed by atoms with Gasteiger partial charge in [-0.1, -0.05) is 19.8 Å². The second-order valence-electron chi connectivity index (χ2n) is 3.40. The van der Waals surface area contributed by atoms with E-state index < -0.39 is 0 Å². The average Bonchev–Trinajstić information content (AvgIpc) is 2.02. The van der Waals surface area contributed by atoms with E-state index in [1.807, 2.05) is 0 Å². The zero-order valence-electron chi connectivity index (χ0n) is 8.43. The molecule has 1 N–H and O–H groups in total. The van der Waals surface area contributed by atoms with Crippen molar-refractivity contribution in [3.63, 3.8) is 0 Å². The normalized spacial score (nSPS) is 12.6. The fourth-order valence-corrected chi connectivity index (χ4v) is 1.29. The molecule has 0 fully saturated rings. The predicted octanol–water partition coefficient (Wildman–Crippen LogP) is 1.14. The minimum atomic E-state index is 0.765. The fourth-order valence-electron chi connectivity index (χ4n) is 1.29. The first-order valence-corrected chi connectivity index (χ1v) is 4.53.